The van der Waals surface area contributed by atoms with Crippen LogP contribution >= 0.6 is 0 Å². The molecule has 1 aliphatic rings. The van der Waals surface area contributed by atoms with Crippen molar-refractivity contribution in [2.75, 3.05) is 20.1 Å². The van der Waals surface area contributed by atoms with Crippen molar-refractivity contribution in [2.45, 2.75) is 51.4 Å². The molecule has 0 radical (unpaired) electrons. The molecule has 0 spiro atoms. The number of aromatic nitrogens is 3. The summed E-state index contributed by atoms with van der Waals surface area (Å²) in [6, 6.07) is 6.27. The van der Waals surface area contributed by atoms with Crippen LogP contribution in [0.2, 0.25) is 0 Å². The van der Waals surface area contributed by atoms with E-state index in [1.54, 1.807) is 18.6 Å². The van der Waals surface area contributed by atoms with Crippen molar-refractivity contribution in [3.05, 3.63) is 48.5 Å². The van der Waals surface area contributed by atoms with E-state index in [1.807, 2.05) is 34.0 Å². The molecule has 0 aromatic carbocycles. The number of aryl methyl sites for hydroxylation is 1. The summed E-state index contributed by atoms with van der Waals surface area (Å²) in [5.41, 5.74) is 1.11. The highest BCUT2D eigenvalue weighted by Crippen LogP contribution is 2.18. The van der Waals surface area contributed by atoms with Gasteiger partial charge in [0.2, 0.25) is 0 Å². The first-order valence-corrected chi connectivity index (χ1v) is 9.74. The molecule has 3 heterocycles. The molecule has 146 valence electrons. The average molecular weight is 371 g/mol. The zero-order chi connectivity index (χ0) is 19.1. The van der Waals surface area contributed by atoms with Gasteiger partial charge in [-0.25, -0.2) is 4.79 Å². The third-order valence-corrected chi connectivity index (χ3v) is 5.21. The Morgan fingerprint density at radius 3 is 2.70 bits per heavy atom. The van der Waals surface area contributed by atoms with E-state index < -0.39 is 0 Å². The van der Waals surface area contributed by atoms with Crippen molar-refractivity contribution in [1.29, 1.82) is 0 Å². The van der Waals surface area contributed by atoms with Gasteiger partial charge in [-0.1, -0.05) is 0 Å². The maximum Gasteiger partial charge on any atom is 0.318 e. The lowest BCUT2D eigenvalue weighted by Crippen LogP contribution is -2.51. The van der Waals surface area contributed by atoms with E-state index in [-0.39, 0.29) is 18.1 Å². The minimum absolute atomic E-state index is 0.0225. The number of rotatable bonds is 7. The van der Waals surface area contributed by atoms with E-state index in [0.29, 0.717) is 6.54 Å². The highest BCUT2D eigenvalue weighted by atomic mass is 16.2. The smallest absolute Gasteiger partial charge is 0.318 e. The molecule has 1 N–H and O–H groups in total. The topological polar surface area (TPSA) is 66.3 Å². The second-order valence-corrected chi connectivity index (χ2v) is 7.43. The van der Waals surface area contributed by atoms with E-state index in [2.05, 4.69) is 34.3 Å². The van der Waals surface area contributed by atoms with Crippen molar-refractivity contribution in [3.8, 4) is 0 Å². The first-order valence-electron chi connectivity index (χ1n) is 9.74. The third kappa shape index (κ3) is 5.79. The molecule has 0 aliphatic carbocycles. The Bertz CT molecular complexity index is 682. The maximum absolute atomic E-state index is 13.1. The van der Waals surface area contributed by atoms with Crippen molar-refractivity contribution in [1.82, 2.24) is 29.9 Å². The van der Waals surface area contributed by atoms with Gasteiger partial charge in [0.05, 0.1) is 0 Å². The van der Waals surface area contributed by atoms with Crippen LogP contribution in [0.5, 0.6) is 0 Å². The van der Waals surface area contributed by atoms with Crippen LogP contribution in [0.4, 0.5) is 4.79 Å². The van der Waals surface area contributed by atoms with Crippen LogP contribution < -0.4 is 5.32 Å². The number of nitrogens with one attached hydrogen (secondary N) is 1. The molecule has 2 aromatic heterocycles. The quantitative estimate of drug-likeness (QED) is 0.813. The number of urea groups is 1. The largest absolute Gasteiger partial charge is 0.335 e. The van der Waals surface area contributed by atoms with Crippen molar-refractivity contribution >= 4 is 6.03 Å². The van der Waals surface area contributed by atoms with Crippen LogP contribution in [0, 0.1) is 0 Å². The number of carbonyl (C=O) groups excluding carboxylic acids is 1. The Hall–Kier alpha value is -2.41. The van der Waals surface area contributed by atoms with E-state index in [9.17, 15) is 4.79 Å². The zero-order valence-electron chi connectivity index (χ0n) is 16.3. The summed E-state index contributed by atoms with van der Waals surface area (Å²) >= 11 is 0. The number of nitrogens with zero attached hydrogens (tertiary/aromatic N) is 5. The van der Waals surface area contributed by atoms with Gasteiger partial charge in [0.1, 0.15) is 0 Å². The molecule has 0 unspecified atom stereocenters. The highest BCUT2D eigenvalue weighted by molar-refractivity contribution is 5.75. The fraction of sp³-hybridized carbons (Fsp3) is 0.550. The summed E-state index contributed by atoms with van der Waals surface area (Å²) in [5, 5.41) is 7.41. The summed E-state index contributed by atoms with van der Waals surface area (Å²) in [4.78, 5) is 21.5. The van der Waals surface area contributed by atoms with Gasteiger partial charge in [0.15, 0.2) is 0 Å². The maximum atomic E-state index is 13.1. The van der Waals surface area contributed by atoms with E-state index in [4.69, 9.17) is 0 Å². The van der Waals surface area contributed by atoms with Gasteiger partial charge in [-0.05, 0) is 70.1 Å². The molecule has 2 aromatic rings. The molecule has 1 fully saturated rings. The van der Waals surface area contributed by atoms with Gasteiger partial charge in [0, 0.05) is 50.0 Å². The molecule has 7 heteroatoms. The standard InChI is InChI=1S/C20H30N6O/c1-17(6-15-25-12-3-9-22-25)23-20(27)26(16-18-4-10-21-11-5-18)19-7-13-24(2)14-8-19/h3-5,9-12,17,19H,6-8,13-16H2,1-2H3,(H,23,27)/t17-/m1/s1. The molecule has 2 amide bonds. The summed E-state index contributed by atoms with van der Waals surface area (Å²) in [7, 11) is 2.14. The monoisotopic (exact) mass is 370 g/mol. The highest BCUT2D eigenvalue weighted by Gasteiger charge is 2.27. The van der Waals surface area contributed by atoms with Crippen LogP contribution in [0.25, 0.3) is 0 Å². The number of amides is 2. The Morgan fingerprint density at radius 2 is 2.04 bits per heavy atom. The van der Waals surface area contributed by atoms with E-state index in [1.165, 1.54) is 0 Å². The van der Waals surface area contributed by atoms with Gasteiger partial charge >= 0.3 is 6.03 Å². The molecule has 0 bridgehead atoms. The first kappa shape index (κ1) is 19.4. The predicted molar refractivity (Wildman–Crippen MR) is 105 cm³/mol. The Morgan fingerprint density at radius 1 is 1.30 bits per heavy atom. The predicted octanol–water partition coefficient (Wildman–Crippen LogP) is 2.36. The van der Waals surface area contributed by atoms with Crippen LogP contribution in [0.15, 0.2) is 43.0 Å². The summed E-state index contributed by atoms with van der Waals surface area (Å²) in [5.74, 6) is 0. The lowest BCUT2D eigenvalue weighted by Gasteiger charge is -2.38. The van der Waals surface area contributed by atoms with Crippen LogP contribution in [-0.4, -0.2) is 62.8 Å². The van der Waals surface area contributed by atoms with Crippen molar-refractivity contribution in [3.63, 3.8) is 0 Å². The number of piperidine rings is 1. The molecule has 7 nitrogen and oxygen atoms in total. The summed E-state index contributed by atoms with van der Waals surface area (Å²) in [6.07, 6.45) is 10.2. The molecule has 0 saturated carbocycles. The fourth-order valence-corrected chi connectivity index (χ4v) is 3.48. The number of pyridine rings is 1. The van der Waals surface area contributed by atoms with Crippen molar-refractivity contribution in [2.24, 2.45) is 0 Å². The number of carbonyl (C=O) groups is 1. The Balaban J connectivity index is 1.60. The second kappa shape index (κ2) is 9.50. The lowest BCUT2D eigenvalue weighted by atomic mass is 10.0. The summed E-state index contributed by atoms with van der Waals surface area (Å²) in [6.45, 7) is 5.53. The normalized spacial score (nSPS) is 16.8. The second-order valence-electron chi connectivity index (χ2n) is 7.43. The third-order valence-electron chi connectivity index (χ3n) is 5.21. The zero-order valence-corrected chi connectivity index (χ0v) is 16.3. The Labute approximate surface area is 161 Å². The fourth-order valence-electron chi connectivity index (χ4n) is 3.48. The molecular weight excluding hydrogens is 340 g/mol. The van der Waals surface area contributed by atoms with Gasteiger partial charge < -0.3 is 15.1 Å². The molecule has 1 saturated heterocycles. The molecule has 3 rings (SSSR count). The Kier molecular flexibility index (Phi) is 6.81. The van der Waals surface area contributed by atoms with Gasteiger partial charge in [-0.15, -0.1) is 0 Å². The minimum Gasteiger partial charge on any atom is -0.335 e. The van der Waals surface area contributed by atoms with Gasteiger partial charge in [-0.3, -0.25) is 9.67 Å². The molecule has 27 heavy (non-hydrogen) atoms. The van der Waals surface area contributed by atoms with Gasteiger partial charge in [-0.2, -0.15) is 5.10 Å². The van der Waals surface area contributed by atoms with Crippen LogP contribution in [0.1, 0.15) is 31.7 Å². The molecule has 1 aliphatic heterocycles. The van der Waals surface area contributed by atoms with Crippen LogP contribution in [-0.2, 0) is 13.1 Å². The number of hydrogen-bond acceptors (Lipinski definition) is 4. The van der Waals surface area contributed by atoms with Crippen LogP contribution in [0.3, 0.4) is 0 Å². The van der Waals surface area contributed by atoms with E-state index in [0.717, 1.165) is 44.5 Å². The molecular formula is C20H30N6O. The summed E-state index contributed by atoms with van der Waals surface area (Å²) < 4.78 is 1.90. The average Bonchev–Trinajstić information content (AvgIpc) is 3.20. The van der Waals surface area contributed by atoms with E-state index >= 15 is 0 Å². The lowest BCUT2D eigenvalue weighted by molar-refractivity contribution is 0.125. The number of hydrogen-bond donors (Lipinski definition) is 1. The first-order chi connectivity index (χ1) is 13.1. The SMILES string of the molecule is C[C@H](CCn1cccn1)NC(=O)N(Cc1ccncc1)C1CCN(C)CC1. The molecule has 1 atom stereocenters. The number of likely N-dealkylation sites (tertiary alicyclic amines) is 1. The van der Waals surface area contributed by atoms with Gasteiger partial charge in [0.25, 0.3) is 0 Å². The minimum atomic E-state index is 0.0225. The van der Waals surface area contributed by atoms with Crippen molar-refractivity contribution < 1.29 is 4.79 Å².